The van der Waals surface area contributed by atoms with E-state index in [9.17, 15) is 4.79 Å². The molecule has 0 aliphatic carbocycles. The first-order chi connectivity index (χ1) is 12.2. The van der Waals surface area contributed by atoms with Crippen molar-refractivity contribution in [1.82, 2.24) is 4.90 Å². The highest BCUT2D eigenvalue weighted by Crippen LogP contribution is 2.25. The van der Waals surface area contributed by atoms with Gasteiger partial charge in [-0.3, -0.25) is 0 Å². The Morgan fingerprint density at radius 1 is 1.27 bits per heavy atom. The number of thiol groups is 1. The first-order valence-electron chi connectivity index (χ1n) is 9.61. The highest BCUT2D eigenvalue weighted by molar-refractivity contribution is 7.80. The second-order valence-corrected chi connectivity index (χ2v) is 8.78. The smallest absolute Gasteiger partial charge is 0.410 e. The lowest BCUT2D eigenvalue weighted by Crippen LogP contribution is -2.41. The van der Waals surface area contributed by atoms with Gasteiger partial charge in [0, 0.05) is 18.0 Å². The van der Waals surface area contributed by atoms with E-state index in [1.807, 2.05) is 25.7 Å². The third kappa shape index (κ3) is 6.08. The van der Waals surface area contributed by atoms with Gasteiger partial charge in [-0.1, -0.05) is 24.3 Å². The topological polar surface area (TPSA) is 29.5 Å². The largest absolute Gasteiger partial charge is 0.444 e. The zero-order valence-electron chi connectivity index (χ0n) is 16.8. The van der Waals surface area contributed by atoms with Crippen LogP contribution in [0.15, 0.2) is 23.1 Å². The van der Waals surface area contributed by atoms with Gasteiger partial charge in [-0.25, -0.2) is 4.79 Å². The average Bonchev–Trinajstić information content (AvgIpc) is 2.57. The number of piperidine rings is 1. The fraction of sp³-hybridized carbons (Fsp3) is 0.591. The van der Waals surface area contributed by atoms with Crippen molar-refractivity contribution in [2.24, 2.45) is 5.92 Å². The van der Waals surface area contributed by atoms with E-state index < -0.39 is 5.60 Å². The molecule has 1 aromatic carbocycles. The van der Waals surface area contributed by atoms with Crippen molar-refractivity contribution in [1.29, 1.82) is 0 Å². The van der Waals surface area contributed by atoms with Gasteiger partial charge < -0.3 is 9.64 Å². The summed E-state index contributed by atoms with van der Waals surface area (Å²) in [6.45, 7) is 11.6. The maximum atomic E-state index is 12.1. The summed E-state index contributed by atoms with van der Waals surface area (Å²) in [5, 5.41) is 0. The van der Waals surface area contributed by atoms with E-state index in [0.717, 1.165) is 37.2 Å². The van der Waals surface area contributed by atoms with Gasteiger partial charge in [0.1, 0.15) is 5.60 Å². The molecule has 1 aromatic rings. The van der Waals surface area contributed by atoms with Crippen molar-refractivity contribution >= 4 is 24.8 Å². The van der Waals surface area contributed by atoms with Crippen molar-refractivity contribution < 1.29 is 9.53 Å². The van der Waals surface area contributed by atoms with Crippen LogP contribution in [0.1, 0.15) is 63.1 Å². The molecule has 1 heterocycles. The summed E-state index contributed by atoms with van der Waals surface area (Å²) in [6, 6.07) is 4.29. The molecule has 1 aliphatic heterocycles. The van der Waals surface area contributed by atoms with Crippen LogP contribution in [0, 0.1) is 19.8 Å². The number of ether oxygens (including phenoxy) is 1. The van der Waals surface area contributed by atoms with Crippen LogP contribution >= 0.6 is 12.6 Å². The molecule has 0 saturated carbocycles. The Morgan fingerprint density at radius 2 is 1.92 bits per heavy atom. The molecule has 26 heavy (non-hydrogen) atoms. The fourth-order valence-electron chi connectivity index (χ4n) is 3.23. The van der Waals surface area contributed by atoms with Crippen LogP contribution in [-0.4, -0.2) is 29.7 Å². The second kappa shape index (κ2) is 8.98. The highest BCUT2D eigenvalue weighted by atomic mass is 32.1. The molecule has 0 atom stereocenters. The molecule has 0 spiro atoms. The van der Waals surface area contributed by atoms with Crippen LogP contribution in [-0.2, 0) is 4.74 Å². The van der Waals surface area contributed by atoms with Crippen LogP contribution in [0.4, 0.5) is 4.79 Å². The SMILES string of the molecule is Cc1ccc(C=CCCC2CCN(C(=O)OC(C)(C)C)CC2)c(S)c1C. The van der Waals surface area contributed by atoms with Gasteiger partial charge >= 0.3 is 6.09 Å². The Labute approximate surface area is 164 Å². The molecule has 1 saturated heterocycles. The molecule has 1 fully saturated rings. The van der Waals surface area contributed by atoms with Crippen molar-refractivity contribution in [3.8, 4) is 0 Å². The molecule has 4 heteroatoms. The Kier molecular flexibility index (Phi) is 7.22. The van der Waals surface area contributed by atoms with Crippen LogP contribution < -0.4 is 0 Å². The Morgan fingerprint density at radius 3 is 2.54 bits per heavy atom. The third-order valence-electron chi connectivity index (χ3n) is 5.04. The molecule has 0 N–H and O–H groups in total. The average molecular weight is 376 g/mol. The van der Waals surface area contributed by atoms with Gasteiger partial charge in [-0.2, -0.15) is 0 Å². The monoisotopic (exact) mass is 375 g/mol. The summed E-state index contributed by atoms with van der Waals surface area (Å²) in [7, 11) is 0. The number of carbonyl (C=O) groups excluding carboxylic acids is 1. The number of aryl methyl sites for hydroxylation is 1. The van der Waals surface area contributed by atoms with E-state index in [1.54, 1.807) is 0 Å². The highest BCUT2D eigenvalue weighted by Gasteiger charge is 2.26. The molecular weight excluding hydrogens is 342 g/mol. The van der Waals surface area contributed by atoms with Gasteiger partial charge in [-0.15, -0.1) is 12.6 Å². The number of nitrogens with zero attached hydrogens (tertiary/aromatic N) is 1. The summed E-state index contributed by atoms with van der Waals surface area (Å²) in [6.07, 6.45) is 8.63. The fourth-order valence-corrected chi connectivity index (χ4v) is 3.55. The number of likely N-dealkylation sites (tertiary alicyclic amines) is 1. The quantitative estimate of drug-likeness (QED) is 0.651. The number of hydrogen-bond donors (Lipinski definition) is 1. The molecule has 1 aliphatic rings. The van der Waals surface area contributed by atoms with Crippen LogP contribution in [0.5, 0.6) is 0 Å². The van der Waals surface area contributed by atoms with Gasteiger partial charge in [0.05, 0.1) is 0 Å². The van der Waals surface area contributed by atoms with E-state index in [1.165, 1.54) is 23.1 Å². The maximum absolute atomic E-state index is 12.1. The maximum Gasteiger partial charge on any atom is 0.410 e. The Balaban J connectivity index is 1.75. The summed E-state index contributed by atoms with van der Waals surface area (Å²) in [5.74, 6) is 0.688. The molecule has 2 rings (SSSR count). The van der Waals surface area contributed by atoms with Crippen LogP contribution in [0.2, 0.25) is 0 Å². The van der Waals surface area contributed by atoms with Crippen molar-refractivity contribution in [2.75, 3.05) is 13.1 Å². The van der Waals surface area contributed by atoms with Crippen molar-refractivity contribution in [2.45, 2.75) is 70.8 Å². The lowest BCUT2D eigenvalue weighted by atomic mass is 9.92. The summed E-state index contributed by atoms with van der Waals surface area (Å²) < 4.78 is 5.46. The minimum absolute atomic E-state index is 0.174. The number of amides is 1. The lowest BCUT2D eigenvalue weighted by Gasteiger charge is -2.33. The second-order valence-electron chi connectivity index (χ2n) is 8.34. The summed E-state index contributed by atoms with van der Waals surface area (Å²) >= 11 is 4.64. The normalized spacial score (nSPS) is 16.3. The van der Waals surface area contributed by atoms with Crippen LogP contribution in [0.25, 0.3) is 6.08 Å². The van der Waals surface area contributed by atoms with E-state index in [0.29, 0.717) is 5.92 Å². The lowest BCUT2D eigenvalue weighted by molar-refractivity contribution is 0.0181. The summed E-state index contributed by atoms with van der Waals surface area (Å²) in [4.78, 5) is 15.0. The molecular formula is C22H33NO2S. The minimum atomic E-state index is -0.418. The molecule has 0 unspecified atom stereocenters. The molecule has 144 valence electrons. The standard InChI is InChI=1S/C22H33NO2S/c1-16-10-11-19(20(26)17(16)2)9-7-6-8-18-12-14-23(15-13-18)21(24)25-22(3,4)5/h7,9-11,18,26H,6,8,12-15H2,1-5H3. The van der Waals surface area contributed by atoms with E-state index in [-0.39, 0.29) is 6.09 Å². The number of hydrogen-bond acceptors (Lipinski definition) is 3. The van der Waals surface area contributed by atoms with Gasteiger partial charge in [0.15, 0.2) is 0 Å². The van der Waals surface area contributed by atoms with Crippen LogP contribution in [0.3, 0.4) is 0 Å². The van der Waals surface area contributed by atoms with Crippen molar-refractivity contribution in [3.63, 3.8) is 0 Å². The predicted molar refractivity (Wildman–Crippen MR) is 112 cm³/mol. The van der Waals surface area contributed by atoms with Gasteiger partial charge in [0.25, 0.3) is 0 Å². The number of benzene rings is 1. The van der Waals surface area contributed by atoms with E-state index in [2.05, 4.69) is 50.8 Å². The van der Waals surface area contributed by atoms with E-state index in [4.69, 9.17) is 4.74 Å². The first-order valence-corrected chi connectivity index (χ1v) is 10.1. The summed E-state index contributed by atoms with van der Waals surface area (Å²) in [5.41, 5.74) is 3.31. The van der Waals surface area contributed by atoms with E-state index >= 15 is 0 Å². The molecule has 0 radical (unpaired) electrons. The minimum Gasteiger partial charge on any atom is -0.444 e. The number of carbonyl (C=O) groups is 1. The van der Waals surface area contributed by atoms with Gasteiger partial charge in [0.2, 0.25) is 0 Å². The van der Waals surface area contributed by atoms with Crippen molar-refractivity contribution in [3.05, 3.63) is 34.9 Å². The number of rotatable bonds is 4. The van der Waals surface area contributed by atoms with Gasteiger partial charge in [-0.05, 0) is 82.9 Å². The number of allylic oxidation sites excluding steroid dienone is 1. The Bertz CT molecular complexity index is 653. The zero-order valence-corrected chi connectivity index (χ0v) is 17.7. The predicted octanol–water partition coefficient (Wildman–Crippen LogP) is 6.03. The molecule has 1 amide bonds. The third-order valence-corrected chi connectivity index (χ3v) is 5.63. The first kappa shape index (κ1) is 20.9. The zero-order chi connectivity index (χ0) is 19.3. The molecule has 3 nitrogen and oxygen atoms in total. The molecule has 0 aromatic heterocycles. The molecule has 0 bridgehead atoms. The Hall–Kier alpha value is -1.42.